The lowest BCUT2D eigenvalue weighted by molar-refractivity contribution is -0.129. The van der Waals surface area contributed by atoms with Gasteiger partial charge in [0.05, 0.1) is 17.4 Å². The number of hydrogen-bond donors (Lipinski definition) is 5. The third-order valence-corrected chi connectivity index (χ3v) is 7.64. The molecule has 0 saturated carbocycles. The molecule has 2 amide bonds. The molecule has 2 aromatic rings. The van der Waals surface area contributed by atoms with E-state index in [2.05, 4.69) is 20.7 Å². The summed E-state index contributed by atoms with van der Waals surface area (Å²) in [5.41, 5.74) is 4.23. The van der Waals surface area contributed by atoms with Crippen LogP contribution in [-0.4, -0.2) is 63.2 Å². The fourth-order valence-electron chi connectivity index (χ4n) is 4.16. The molecular formula is C25H28N4O6S. The minimum absolute atomic E-state index is 0.00206. The summed E-state index contributed by atoms with van der Waals surface area (Å²) in [7, 11) is 0. The van der Waals surface area contributed by atoms with Crippen molar-refractivity contribution in [2.24, 2.45) is 11.0 Å². The molecule has 0 radical (unpaired) electrons. The molecule has 5 N–H and O–H groups in total. The number of thioether (sulfide) groups is 1. The number of nitrogens with zero attached hydrogens (tertiary/aromatic N) is 2. The van der Waals surface area contributed by atoms with Gasteiger partial charge in [-0.25, -0.2) is 5.43 Å². The topological polar surface area (TPSA) is 152 Å². The number of anilines is 2. The molecule has 2 aliphatic rings. The van der Waals surface area contributed by atoms with Crippen molar-refractivity contribution < 1.29 is 29.7 Å². The molecule has 2 aliphatic heterocycles. The Kier molecular flexibility index (Phi) is 7.99. The molecule has 0 spiro atoms. The number of phenolic OH excluding ortho intramolecular Hbond substituents is 3. The van der Waals surface area contributed by atoms with Crippen LogP contribution in [0.2, 0.25) is 0 Å². The highest BCUT2D eigenvalue weighted by Gasteiger charge is 2.34. The lowest BCUT2D eigenvalue weighted by atomic mass is 10.00. The van der Waals surface area contributed by atoms with Crippen molar-refractivity contribution in [1.82, 2.24) is 5.43 Å². The van der Waals surface area contributed by atoms with E-state index in [0.717, 1.165) is 25.0 Å². The summed E-state index contributed by atoms with van der Waals surface area (Å²) in [5.74, 6) is -2.86. The minimum atomic E-state index is -0.686. The van der Waals surface area contributed by atoms with Gasteiger partial charge in [0.2, 0.25) is 17.6 Å². The second-order valence-corrected chi connectivity index (χ2v) is 10.0. The number of amides is 2. The molecule has 36 heavy (non-hydrogen) atoms. The Morgan fingerprint density at radius 1 is 1.06 bits per heavy atom. The van der Waals surface area contributed by atoms with E-state index in [1.165, 1.54) is 36.7 Å². The van der Waals surface area contributed by atoms with Crippen LogP contribution in [0.5, 0.6) is 17.2 Å². The highest BCUT2D eigenvalue weighted by molar-refractivity contribution is 8.00. The molecule has 0 bridgehead atoms. The first-order valence-corrected chi connectivity index (χ1v) is 12.7. The van der Waals surface area contributed by atoms with Crippen molar-refractivity contribution in [1.29, 1.82) is 0 Å². The van der Waals surface area contributed by atoms with Crippen LogP contribution in [0.3, 0.4) is 0 Å². The van der Waals surface area contributed by atoms with E-state index < -0.39 is 34.3 Å². The van der Waals surface area contributed by atoms with Crippen molar-refractivity contribution in [3.63, 3.8) is 0 Å². The fourth-order valence-corrected chi connectivity index (χ4v) is 5.44. The molecule has 2 unspecified atom stereocenters. The zero-order valence-electron chi connectivity index (χ0n) is 19.5. The highest BCUT2D eigenvalue weighted by Crippen LogP contribution is 2.36. The van der Waals surface area contributed by atoms with Crippen molar-refractivity contribution in [2.75, 3.05) is 29.1 Å². The monoisotopic (exact) mass is 512 g/mol. The molecule has 11 heteroatoms. The number of aromatic hydroxyl groups is 3. The number of carbonyl (C=O) groups excluding carboxylic acids is 3. The largest absolute Gasteiger partial charge is 0.504 e. The predicted molar refractivity (Wildman–Crippen MR) is 138 cm³/mol. The van der Waals surface area contributed by atoms with Gasteiger partial charge in [0.25, 0.3) is 0 Å². The van der Waals surface area contributed by atoms with Gasteiger partial charge in [-0.2, -0.15) is 5.10 Å². The second-order valence-electron chi connectivity index (χ2n) is 8.79. The number of hydrogen-bond acceptors (Lipinski definition) is 9. The van der Waals surface area contributed by atoms with Crippen LogP contribution in [0, 0.1) is 5.92 Å². The van der Waals surface area contributed by atoms with E-state index in [9.17, 15) is 29.7 Å². The van der Waals surface area contributed by atoms with Gasteiger partial charge in [0, 0.05) is 48.6 Å². The quantitative estimate of drug-likeness (QED) is 0.216. The molecule has 2 fully saturated rings. The summed E-state index contributed by atoms with van der Waals surface area (Å²) in [5, 5.41) is 34.7. The first-order valence-electron chi connectivity index (χ1n) is 11.7. The summed E-state index contributed by atoms with van der Waals surface area (Å²) in [6.45, 7) is 2.09. The molecular weight excluding hydrogens is 484 g/mol. The number of hydrazone groups is 1. The number of ketones is 1. The van der Waals surface area contributed by atoms with Gasteiger partial charge in [0.15, 0.2) is 11.5 Å². The number of benzene rings is 2. The molecule has 190 valence electrons. The number of nitrogens with one attached hydrogen (secondary N) is 2. The first-order chi connectivity index (χ1) is 17.3. The van der Waals surface area contributed by atoms with Crippen LogP contribution in [0.15, 0.2) is 41.5 Å². The third-order valence-electron chi connectivity index (χ3n) is 6.21. The fraction of sp³-hybridized carbons (Fsp3) is 0.360. The average molecular weight is 513 g/mol. The van der Waals surface area contributed by atoms with E-state index in [1.54, 1.807) is 0 Å². The second kappa shape index (κ2) is 11.3. The van der Waals surface area contributed by atoms with Crippen LogP contribution < -0.4 is 15.6 Å². The van der Waals surface area contributed by atoms with Crippen molar-refractivity contribution >= 4 is 46.9 Å². The smallest absolute Gasteiger partial charge is 0.244 e. The maximum absolute atomic E-state index is 12.6. The first kappa shape index (κ1) is 25.4. The Morgan fingerprint density at radius 2 is 1.78 bits per heavy atom. The summed E-state index contributed by atoms with van der Waals surface area (Å²) in [6, 6.07) is 10.2. The summed E-state index contributed by atoms with van der Waals surface area (Å²) in [6.07, 6.45) is 3.54. The average Bonchev–Trinajstić information content (AvgIpc) is 3.41. The van der Waals surface area contributed by atoms with Crippen LogP contribution in [0.25, 0.3) is 0 Å². The van der Waals surface area contributed by atoms with Gasteiger partial charge in [-0.15, -0.1) is 11.8 Å². The third kappa shape index (κ3) is 6.09. The lowest BCUT2D eigenvalue weighted by Crippen LogP contribution is -2.38. The lowest BCUT2D eigenvalue weighted by Gasteiger charge is -2.25. The van der Waals surface area contributed by atoms with Gasteiger partial charge in [-0.05, 0) is 49.2 Å². The van der Waals surface area contributed by atoms with E-state index in [1.807, 2.05) is 24.3 Å². The Bertz CT molecular complexity index is 1160. The normalized spacial score (nSPS) is 20.0. The zero-order chi connectivity index (χ0) is 25.7. The molecule has 2 saturated heterocycles. The number of Topliss-reactive ketones (excluding diaryl/α,β-unsaturated/α-hetero) is 1. The zero-order valence-corrected chi connectivity index (χ0v) is 20.3. The van der Waals surface area contributed by atoms with Gasteiger partial charge < -0.3 is 25.5 Å². The van der Waals surface area contributed by atoms with Crippen molar-refractivity contribution in [3.8, 4) is 17.2 Å². The van der Waals surface area contributed by atoms with E-state index in [0.29, 0.717) is 11.4 Å². The van der Waals surface area contributed by atoms with Crippen LogP contribution in [-0.2, 0) is 14.4 Å². The van der Waals surface area contributed by atoms with Gasteiger partial charge in [-0.1, -0.05) is 0 Å². The van der Waals surface area contributed by atoms with E-state index in [4.69, 9.17) is 0 Å². The summed E-state index contributed by atoms with van der Waals surface area (Å²) in [4.78, 5) is 39.8. The van der Waals surface area contributed by atoms with Crippen molar-refractivity contribution in [3.05, 3.63) is 42.0 Å². The Morgan fingerprint density at radius 3 is 2.47 bits per heavy atom. The van der Waals surface area contributed by atoms with Crippen LogP contribution in [0.4, 0.5) is 11.4 Å². The van der Waals surface area contributed by atoms with E-state index >= 15 is 0 Å². The van der Waals surface area contributed by atoms with Crippen LogP contribution >= 0.6 is 11.8 Å². The predicted octanol–water partition coefficient (Wildman–Crippen LogP) is 2.57. The molecule has 0 aliphatic carbocycles. The van der Waals surface area contributed by atoms with E-state index in [-0.39, 0.29) is 30.1 Å². The van der Waals surface area contributed by atoms with Gasteiger partial charge in [-0.3, -0.25) is 14.4 Å². The maximum atomic E-state index is 12.6. The summed E-state index contributed by atoms with van der Waals surface area (Å²) >= 11 is 1.27. The SMILES string of the molecule is O=C(CC1SCC(C(=O)N/N=C/c2ccc(O)c(O)c2O)CC1=O)Nc1ccc(N2CCCC2)cc1. The number of phenols is 3. The Balaban J connectivity index is 1.23. The molecule has 2 heterocycles. The summed E-state index contributed by atoms with van der Waals surface area (Å²) < 4.78 is 0. The van der Waals surface area contributed by atoms with Crippen molar-refractivity contribution in [2.45, 2.75) is 30.9 Å². The van der Waals surface area contributed by atoms with Gasteiger partial charge in [0.1, 0.15) is 5.78 Å². The molecule has 2 atom stereocenters. The number of rotatable bonds is 7. The highest BCUT2D eigenvalue weighted by atomic mass is 32.2. The molecule has 4 rings (SSSR count). The number of carbonyl (C=O) groups is 3. The Labute approximate surface area is 212 Å². The molecule has 2 aromatic carbocycles. The minimum Gasteiger partial charge on any atom is -0.504 e. The maximum Gasteiger partial charge on any atom is 0.244 e. The molecule has 0 aromatic heterocycles. The Hall–Kier alpha value is -3.73. The standard InChI is InChI=1S/C25H28N4O6S/c30-19-8-3-15(23(33)24(19)34)13-26-28-25(35)16-11-20(31)21(36-14-16)12-22(32)27-17-4-6-18(7-5-17)29-9-1-2-10-29/h3-8,13,16,21,30,33-34H,1-2,9-12,14H2,(H,27,32)(H,28,35)/b26-13+. The molecule has 10 nitrogen and oxygen atoms in total. The van der Waals surface area contributed by atoms with Gasteiger partial charge >= 0.3 is 0 Å². The van der Waals surface area contributed by atoms with Crippen LogP contribution in [0.1, 0.15) is 31.2 Å².